The molecule has 2 saturated heterocycles. The van der Waals surface area contributed by atoms with Crippen LogP contribution < -0.4 is 5.32 Å². The number of hydrogen-bond acceptors (Lipinski definition) is 5. The molecule has 2 aliphatic rings. The van der Waals surface area contributed by atoms with Crippen molar-refractivity contribution < 1.29 is 23.0 Å². The molecular weight excluding hydrogens is 382 g/mol. The summed E-state index contributed by atoms with van der Waals surface area (Å²) < 4.78 is 38.3. The number of nitrogens with zero attached hydrogens (tertiary/aromatic N) is 2. The number of hydrogen-bond donors (Lipinski definition) is 2. The molecule has 2 N–H and O–H groups in total. The second-order valence-corrected chi connectivity index (χ2v) is 7.78. The van der Waals surface area contributed by atoms with Gasteiger partial charge < -0.3 is 14.8 Å². The molecule has 9 heteroatoms. The number of carbonyl (C=O) groups excluding carboxylic acids is 1. The lowest BCUT2D eigenvalue weighted by atomic mass is 9.97. The molecule has 0 saturated carbocycles. The first-order chi connectivity index (χ1) is 13.9. The lowest BCUT2D eigenvalue weighted by Gasteiger charge is -2.39. The maximum Gasteiger partial charge on any atom is 0.249 e. The quantitative estimate of drug-likeness (QED) is 0.790. The highest BCUT2D eigenvalue weighted by Gasteiger charge is 2.46. The van der Waals surface area contributed by atoms with E-state index in [1.807, 2.05) is 13.0 Å². The molecule has 7 nitrogen and oxygen atoms in total. The molecule has 2 aromatic rings. The Labute approximate surface area is 167 Å². The average Bonchev–Trinajstić information content (AvgIpc) is 3.25. The number of carbonyl (C=O) groups is 1. The van der Waals surface area contributed by atoms with Gasteiger partial charge in [0.25, 0.3) is 0 Å². The third kappa shape index (κ3) is 4.80. The van der Waals surface area contributed by atoms with Crippen molar-refractivity contribution in [2.24, 2.45) is 0 Å². The first-order valence-electron chi connectivity index (χ1n) is 9.62. The van der Waals surface area contributed by atoms with Gasteiger partial charge in [0.05, 0.1) is 18.9 Å². The highest BCUT2D eigenvalue weighted by Crippen LogP contribution is 2.32. The average molecular weight is 406 g/mol. The van der Waals surface area contributed by atoms with Crippen molar-refractivity contribution in [2.45, 2.75) is 38.1 Å². The number of amides is 1. The molecule has 0 aliphatic carbocycles. The second-order valence-electron chi connectivity index (χ2n) is 7.78. The molecule has 29 heavy (non-hydrogen) atoms. The van der Waals surface area contributed by atoms with Gasteiger partial charge in [0, 0.05) is 44.4 Å². The van der Waals surface area contributed by atoms with E-state index >= 15 is 0 Å². The summed E-state index contributed by atoms with van der Waals surface area (Å²) in [5, 5.41) is 9.91. The van der Waals surface area contributed by atoms with E-state index < -0.39 is 23.3 Å². The van der Waals surface area contributed by atoms with Crippen molar-refractivity contribution in [3.05, 3.63) is 52.9 Å². The van der Waals surface area contributed by atoms with Crippen molar-refractivity contribution in [3.8, 4) is 0 Å². The van der Waals surface area contributed by atoms with Crippen LogP contribution in [0.5, 0.6) is 0 Å². The van der Waals surface area contributed by atoms with Crippen LogP contribution in [0, 0.1) is 18.6 Å². The van der Waals surface area contributed by atoms with E-state index in [-0.39, 0.29) is 12.5 Å². The molecule has 156 valence electrons. The smallest absolute Gasteiger partial charge is 0.249 e. The molecule has 2 fully saturated rings. The number of H-pyrrole nitrogens is 1. The zero-order chi connectivity index (χ0) is 20.4. The van der Waals surface area contributed by atoms with E-state index in [9.17, 15) is 13.6 Å². The van der Waals surface area contributed by atoms with Crippen LogP contribution in [-0.4, -0.2) is 59.0 Å². The number of ether oxygens (including phenoxy) is 2. The zero-order valence-electron chi connectivity index (χ0n) is 16.2. The monoisotopic (exact) mass is 406 g/mol. The van der Waals surface area contributed by atoms with Crippen LogP contribution in [0.4, 0.5) is 8.78 Å². The number of morpholine rings is 1. The Morgan fingerprint density at radius 2 is 2.14 bits per heavy atom. The van der Waals surface area contributed by atoms with Gasteiger partial charge in [-0.05, 0) is 30.7 Å². The van der Waals surface area contributed by atoms with Gasteiger partial charge in [-0.1, -0.05) is 0 Å². The van der Waals surface area contributed by atoms with E-state index in [2.05, 4.69) is 20.4 Å². The molecule has 1 aromatic carbocycles. The predicted octanol–water partition coefficient (Wildman–Crippen LogP) is 1.67. The minimum Gasteiger partial charge on any atom is -0.370 e. The van der Waals surface area contributed by atoms with Crippen LogP contribution >= 0.6 is 0 Å². The van der Waals surface area contributed by atoms with Gasteiger partial charge in [0.2, 0.25) is 5.91 Å². The molecule has 2 atom stereocenters. The van der Waals surface area contributed by atoms with E-state index in [0.717, 1.165) is 24.0 Å². The molecular formula is C20H24F2N4O3. The number of aromatic amines is 1. The molecule has 1 amide bonds. The summed E-state index contributed by atoms with van der Waals surface area (Å²) >= 11 is 0. The number of aryl methyl sites for hydroxylation is 1. The molecule has 2 aliphatic heterocycles. The topological polar surface area (TPSA) is 79.5 Å². The largest absolute Gasteiger partial charge is 0.370 e. The lowest BCUT2D eigenvalue weighted by molar-refractivity contribution is -0.130. The first kappa shape index (κ1) is 19.9. The van der Waals surface area contributed by atoms with Crippen LogP contribution in [0.3, 0.4) is 0 Å². The maximum absolute atomic E-state index is 13.3. The van der Waals surface area contributed by atoms with Gasteiger partial charge in [-0.3, -0.25) is 14.8 Å². The predicted molar refractivity (Wildman–Crippen MR) is 99.8 cm³/mol. The van der Waals surface area contributed by atoms with Gasteiger partial charge in [0.15, 0.2) is 0 Å². The molecule has 0 bridgehead atoms. The third-order valence-electron chi connectivity index (χ3n) is 5.26. The minimum atomic E-state index is -0.673. The highest BCUT2D eigenvalue weighted by atomic mass is 19.1. The summed E-state index contributed by atoms with van der Waals surface area (Å²) in [5.74, 6) is -1.66. The Kier molecular flexibility index (Phi) is 5.62. The first-order valence-corrected chi connectivity index (χ1v) is 9.62. The van der Waals surface area contributed by atoms with Crippen LogP contribution in [0.15, 0.2) is 24.3 Å². The number of benzene rings is 1. The standard InChI is InChI=1S/C20H24F2N4O3/c1-13-4-17(25-24-13)10-26-2-3-29-20(11-26)8-18(28-12-20)19(27)23-9-14-5-15(21)7-16(22)6-14/h4-7,18H,2-3,8-12H2,1H3,(H,23,27)(H,24,25)/t18-,20+/m1/s1. The highest BCUT2D eigenvalue weighted by molar-refractivity contribution is 5.81. The minimum absolute atomic E-state index is 0.0336. The van der Waals surface area contributed by atoms with Gasteiger partial charge >= 0.3 is 0 Å². The molecule has 0 radical (unpaired) electrons. The van der Waals surface area contributed by atoms with Crippen molar-refractivity contribution in [2.75, 3.05) is 26.3 Å². The van der Waals surface area contributed by atoms with Crippen LogP contribution in [0.25, 0.3) is 0 Å². The fourth-order valence-corrected chi connectivity index (χ4v) is 3.95. The van der Waals surface area contributed by atoms with Gasteiger partial charge in [-0.2, -0.15) is 5.10 Å². The van der Waals surface area contributed by atoms with E-state index in [0.29, 0.717) is 38.3 Å². The fraction of sp³-hybridized carbons (Fsp3) is 0.500. The summed E-state index contributed by atoms with van der Waals surface area (Å²) in [7, 11) is 0. The Bertz CT molecular complexity index is 870. The number of nitrogens with one attached hydrogen (secondary N) is 2. The molecule has 4 rings (SSSR count). The van der Waals surface area contributed by atoms with Gasteiger partial charge in [-0.25, -0.2) is 8.78 Å². The van der Waals surface area contributed by atoms with Crippen LogP contribution in [-0.2, 0) is 27.4 Å². The van der Waals surface area contributed by atoms with Gasteiger partial charge in [-0.15, -0.1) is 0 Å². The van der Waals surface area contributed by atoms with E-state index in [1.54, 1.807) is 0 Å². The summed E-state index contributed by atoms with van der Waals surface area (Å²) in [6, 6.07) is 5.20. The van der Waals surface area contributed by atoms with Gasteiger partial charge in [0.1, 0.15) is 23.3 Å². The van der Waals surface area contributed by atoms with Crippen molar-refractivity contribution in [1.29, 1.82) is 0 Å². The summed E-state index contributed by atoms with van der Waals surface area (Å²) in [4.78, 5) is 14.7. The normalized spacial score (nSPS) is 24.9. The maximum atomic E-state index is 13.3. The van der Waals surface area contributed by atoms with Crippen molar-refractivity contribution in [3.63, 3.8) is 0 Å². The summed E-state index contributed by atoms with van der Waals surface area (Å²) in [6.45, 7) is 5.03. The Morgan fingerprint density at radius 1 is 1.34 bits per heavy atom. The Morgan fingerprint density at radius 3 is 2.86 bits per heavy atom. The number of rotatable bonds is 5. The lowest BCUT2D eigenvalue weighted by Crippen LogP contribution is -2.52. The number of halogens is 2. The molecule has 1 aromatic heterocycles. The summed E-state index contributed by atoms with van der Waals surface area (Å²) in [5.41, 5.74) is 1.81. The van der Waals surface area contributed by atoms with Crippen LogP contribution in [0.1, 0.15) is 23.4 Å². The van der Waals surface area contributed by atoms with E-state index in [1.165, 1.54) is 12.1 Å². The molecule has 0 unspecified atom stereocenters. The molecule has 1 spiro atoms. The Balaban J connectivity index is 1.31. The van der Waals surface area contributed by atoms with Crippen LogP contribution in [0.2, 0.25) is 0 Å². The van der Waals surface area contributed by atoms with Crippen molar-refractivity contribution >= 4 is 5.91 Å². The summed E-state index contributed by atoms with van der Waals surface area (Å²) in [6.07, 6.45) is -0.215. The zero-order valence-corrected chi connectivity index (χ0v) is 16.2. The molecule has 3 heterocycles. The SMILES string of the molecule is Cc1cc(CN2CCO[C@]3(CO[C@@H](C(=O)NCc4cc(F)cc(F)c4)C3)C2)n[nH]1. The van der Waals surface area contributed by atoms with E-state index in [4.69, 9.17) is 9.47 Å². The third-order valence-corrected chi connectivity index (χ3v) is 5.26. The Hall–Kier alpha value is -2.36. The second kappa shape index (κ2) is 8.17. The fourth-order valence-electron chi connectivity index (χ4n) is 3.95. The van der Waals surface area contributed by atoms with Crippen molar-refractivity contribution in [1.82, 2.24) is 20.4 Å². The number of aromatic nitrogens is 2.